The van der Waals surface area contributed by atoms with Gasteiger partial charge in [0.05, 0.1) is 21.3 Å². The Morgan fingerprint density at radius 2 is 1.26 bits per heavy atom. The summed E-state index contributed by atoms with van der Waals surface area (Å²) >= 11 is 1.78. The monoisotopic (exact) mass is 556 g/mol. The van der Waals surface area contributed by atoms with Crippen LogP contribution in [0.5, 0.6) is 0 Å². The van der Waals surface area contributed by atoms with Crippen LogP contribution in [0.25, 0.3) is 81.6 Å². The maximum atomic E-state index is 5.11. The van der Waals surface area contributed by atoms with E-state index >= 15 is 0 Å². The van der Waals surface area contributed by atoms with Gasteiger partial charge in [-0.1, -0.05) is 91.0 Å². The van der Waals surface area contributed by atoms with Crippen LogP contribution in [0.2, 0.25) is 0 Å². The van der Waals surface area contributed by atoms with Gasteiger partial charge in [0, 0.05) is 49.0 Å². The number of nitrogens with zero attached hydrogens (tertiary/aromatic N) is 6. The number of para-hydroxylation sites is 1. The first-order valence-corrected chi connectivity index (χ1v) is 14.5. The van der Waals surface area contributed by atoms with Crippen molar-refractivity contribution in [3.8, 4) is 28.7 Å². The maximum absolute atomic E-state index is 5.11. The minimum atomic E-state index is 0.590. The number of benzene rings is 5. The van der Waals surface area contributed by atoms with E-state index in [0.717, 1.165) is 43.8 Å². The summed E-state index contributed by atoms with van der Waals surface area (Å²) in [6.45, 7) is 0. The van der Waals surface area contributed by atoms with E-state index in [2.05, 4.69) is 63.1 Å². The van der Waals surface area contributed by atoms with Gasteiger partial charge < -0.3 is 0 Å². The third-order valence-electron chi connectivity index (χ3n) is 7.81. The molecule has 9 aromatic rings. The number of aromatic nitrogens is 6. The minimum absolute atomic E-state index is 0.590. The number of thiophene rings is 1. The van der Waals surface area contributed by atoms with Crippen LogP contribution in [0.3, 0.4) is 0 Å². The van der Waals surface area contributed by atoms with E-state index in [4.69, 9.17) is 15.0 Å². The molecule has 0 bridgehead atoms. The zero-order chi connectivity index (χ0) is 27.6. The van der Waals surface area contributed by atoms with Crippen molar-refractivity contribution in [3.05, 3.63) is 122 Å². The number of hydrogen-bond acceptors (Lipinski definition) is 6. The molecule has 5 aromatic carbocycles. The molecule has 4 aromatic heterocycles. The normalized spacial score (nSPS) is 11.8. The quantitative estimate of drug-likeness (QED) is 0.218. The highest BCUT2D eigenvalue weighted by molar-refractivity contribution is 7.26. The van der Waals surface area contributed by atoms with Gasteiger partial charge in [0.25, 0.3) is 0 Å². The molecule has 0 amide bonds. The molecule has 0 radical (unpaired) electrons. The Hall–Kier alpha value is -5.53. The van der Waals surface area contributed by atoms with Crippen LogP contribution in [-0.2, 0) is 0 Å². The van der Waals surface area contributed by atoms with Gasteiger partial charge in [-0.2, -0.15) is 9.97 Å². The highest BCUT2D eigenvalue weighted by Gasteiger charge is 2.21. The molecule has 0 fully saturated rings. The molecular weight excluding hydrogens is 536 g/mol. The molecule has 4 heterocycles. The SMILES string of the molecule is c1ccc(-c2nc(-c3ccccc3)nc(-n3c4ccccc4c4ccc5c(sc6ccc7ncncc7c65)c43)n2)cc1. The van der Waals surface area contributed by atoms with Gasteiger partial charge in [-0.25, -0.2) is 15.0 Å². The lowest BCUT2D eigenvalue weighted by atomic mass is 10.1. The molecule has 0 saturated heterocycles. The molecule has 0 spiro atoms. The lowest BCUT2D eigenvalue weighted by molar-refractivity contribution is 0.955. The van der Waals surface area contributed by atoms with Crippen molar-refractivity contribution in [2.75, 3.05) is 0 Å². The molecule has 7 heteroatoms. The Labute approximate surface area is 243 Å². The number of hydrogen-bond donors (Lipinski definition) is 0. The van der Waals surface area contributed by atoms with Gasteiger partial charge in [-0.3, -0.25) is 4.57 Å². The summed E-state index contributed by atoms with van der Waals surface area (Å²) in [7, 11) is 0. The van der Waals surface area contributed by atoms with Crippen LogP contribution >= 0.6 is 11.3 Å². The molecule has 0 saturated carbocycles. The zero-order valence-corrected chi connectivity index (χ0v) is 23.0. The summed E-state index contributed by atoms with van der Waals surface area (Å²) < 4.78 is 4.59. The molecule has 0 atom stereocenters. The van der Waals surface area contributed by atoms with Crippen molar-refractivity contribution in [2.24, 2.45) is 0 Å². The molecule has 0 N–H and O–H groups in total. The van der Waals surface area contributed by atoms with Crippen LogP contribution < -0.4 is 0 Å². The van der Waals surface area contributed by atoms with E-state index in [1.165, 1.54) is 20.2 Å². The summed E-state index contributed by atoms with van der Waals surface area (Å²) in [6.07, 6.45) is 3.52. The van der Waals surface area contributed by atoms with Crippen molar-refractivity contribution >= 4 is 64.2 Å². The standard InChI is InChI=1S/C35H20N6S/c1-3-9-21(10-4-1)33-38-34(22-11-5-2-6-12-22)40-35(39-33)41-28-14-8-7-13-23(28)24-15-16-25-30-26-19-36-20-37-27(26)17-18-29(30)42-32(25)31(24)41/h1-20H. The van der Waals surface area contributed by atoms with E-state index in [1.54, 1.807) is 17.7 Å². The zero-order valence-electron chi connectivity index (χ0n) is 22.1. The Bertz CT molecular complexity index is 2410. The predicted molar refractivity (Wildman–Crippen MR) is 171 cm³/mol. The average Bonchev–Trinajstić information content (AvgIpc) is 3.62. The molecule has 0 unspecified atom stereocenters. The third kappa shape index (κ3) is 3.41. The number of fused-ring (bicyclic) bond motifs is 9. The number of rotatable bonds is 3. The van der Waals surface area contributed by atoms with Crippen molar-refractivity contribution in [3.63, 3.8) is 0 Å². The Morgan fingerprint density at radius 3 is 2.02 bits per heavy atom. The van der Waals surface area contributed by atoms with Gasteiger partial charge in [0.15, 0.2) is 11.6 Å². The third-order valence-corrected chi connectivity index (χ3v) is 8.99. The molecule has 0 aliphatic heterocycles. The van der Waals surface area contributed by atoms with E-state index in [9.17, 15) is 0 Å². The van der Waals surface area contributed by atoms with Crippen LogP contribution in [0.1, 0.15) is 0 Å². The largest absolute Gasteiger partial charge is 0.276 e. The fourth-order valence-corrected chi connectivity index (χ4v) is 7.20. The lowest BCUT2D eigenvalue weighted by Gasteiger charge is -2.11. The van der Waals surface area contributed by atoms with Crippen molar-refractivity contribution in [2.45, 2.75) is 0 Å². The first-order valence-electron chi connectivity index (χ1n) is 13.7. The van der Waals surface area contributed by atoms with E-state index < -0.39 is 0 Å². The first kappa shape index (κ1) is 23.2. The molecule has 0 aliphatic rings. The summed E-state index contributed by atoms with van der Waals surface area (Å²) in [6, 6.07) is 37.4. The molecule has 42 heavy (non-hydrogen) atoms. The van der Waals surface area contributed by atoms with Gasteiger partial charge in [0.1, 0.15) is 6.33 Å². The molecule has 196 valence electrons. The Morgan fingerprint density at radius 1 is 0.571 bits per heavy atom. The summed E-state index contributed by atoms with van der Waals surface area (Å²) in [4.78, 5) is 24.0. The Kier molecular flexibility index (Phi) is 4.97. The van der Waals surface area contributed by atoms with E-state index in [1.807, 2.05) is 66.9 Å². The average molecular weight is 557 g/mol. The second-order valence-electron chi connectivity index (χ2n) is 10.2. The minimum Gasteiger partial charge on any atom is -0.276 e. The molecule has 0 aliphatic carbocycles. The first-order chi connectivity index (χ1) is 20.8. The summed E-state index contributed by atoms with van der Waals surface area (Å²) in [5, 5.41) is 5.72. The van der Waals surface area contributed by atoms with Crippen LogP contribution in [0, 0.1) is 0 Å². The molecular formula is C35H20N6S. The van der Waals surface area contributed by atoms with Gasteiger partial charge in [-0.15, -0.1) is 11.3 Å². The van der Waals surface area contributed by atoms with Crippen LogP contribution in [0.4, 0.5) is 0 Å². The van der Waals surface area contributed by atoms with Gasteiger partial charge in [0.2, 0.25) is 5.95 Å². The van der Waals surface area contributed by atoms with Gasteiger partial charge >= 0.3 is 0 Å². The Balaban J connectivity index is 1.44. The fraction of sp³-hybridized carbons (Fsp3) is 0. The summed E-state index contributed by atoms with van der Waals surface area (Å²) in [5.74, 6) is 1.86. The molecule has 9 rings (SSSR count). The smallest absolute Gasteiger partial charge is 0.238 e. The van der Waals surface area contributed by atoms with Crippen molar-refractivity contribution in [1.29, 1.82) is 0 Å². The topological polar surface area (TPSA) is 69.4 Å². The van der Waals surface area contributed by atoms with Crippen LogP contribution in [0.15, 0.2) is 122 Å². The van der Waals surface area contributed by atoms with Crippen molar-refractivity contribution < 1.29 is 0 Å². The summed E-state index contributed by atoms with van der Waals surface area (Å²) in [5.41, 5.74) is 4.96. The second-order valence-corrected chi connectivity index (χ2v) is 11.3. The fourth-order valence-electron chi connectivity index (χ4n) is 5.94. The molecule has 6 nitrogen and oxygen atoms in total. The van der Waals surface area contributed by atoms with Gasteiger partial charge in [-0.05, 0) is 18.2 Å². The highest BCUT2D eigenvalue weighted by atomic mass is 32.1. The predicted octanol–water partition coefficient (Wildman–Crippen LogP) is 8.61. The highest BCUT2D eigenvalue weighted by Crippen LogP contribution is 2.44. The van der Waals surface area contributed by atoms with E-state index in [-0.39, 0.29) is 0 Å². The maximum Gasteiger partial charge on any atom is 0.238 e. The van der Waals surface area contributed by atoms with E-state index in [0.29, 0.717) is 17.6 Å². The second kappa shape index (κ2) is 8.99. The lowest BCUT2D eigenvalue weighted by Crippen LogP contribution is -2.06. The van der Waals surface area contributed by atoms with Crippen LogP contribution in [-0.4, -0.2) is 29.5 Å². The van der Waals surface area contributed by atoms with Crippen molar-refractivity contribution in [1.82, 2.24) is 29.5 Å².